The zero-order valence-electron chi connectivity index (χ0n) is 19.6. The fourth-order valence-corrected chi connectivity index (χ4v) is 4.28. The summed E-state index contributed by atoms with van der Waals surface area (Å²) in [6, 6.07) is 8.41. The molecule has 212 valence electrons. The number of halogens is 5. The van der Waals surface area contributed by atoms with Gasteiger partial charge < -0.3 is 20.0 Å². The largest absolute Gasteiger partial charge is 0.756 e. The number of nitrogens with two attached hydrogens (primary N) is 1. The van der Waals surface area contributed by atoms with Gasteiger partial charge in [-0.15, -0.1) is 10.2 Å². The number of primary amides is 1. The molecule has 4 aromatic rings. The maximum Gasteiger partial charge on any atom is 0.416 e. The molecule has 3 heterocycles. The van der Waals surface area contributed by atoms with E-state index in [0.29, 0.717) is 9.25 Å². The van der Waals surface area contributed by atoms with E-state index in [1.807, 2.05) is 0 Å². The lowest BCUT2D eigenvalue weighted by atomic mass is 10.2. The molecule has 0 saturated carbocycles. The van der Waals surface area contributed by atoms with Crippen molar-refractivity contribution in [3.05, 3.63) is 74.8 Å². The Morgan fingerprint density at radius 1 is 1.20 bits per heavy atom. The van der Waals surface area contributed by atoms with Crippen molar-refractivity contribution < 1.29 is 36.8 Å². The molecule has 3 aromatic heterocycles. The van der Waals surface area contributed by atoms with Gasteiger partial charge in [0.05, 0.1) is 11.6 Å². The van der Waals surface area contributed by atoms with E-state index in [2.05, 4.69) is 24.7 Å². The number of carbonyl (C=O) groups is 1. The molecule has 1 amide bonds. The maximum atomic E-state index is 13.6. The second-order valence-electron chi connectivity index (χ2n) is 7.92. The minimum atomic E-state index is -5.87. The second-order valence-corrected chi connectivity index (χ2v) is 9.91. The molecule has 0 aliphatic rings. The molecule has 14 nitrogen and oxygen atoms in total. The van der Waals surface area contributed by atoms with Crippen LogP contribution in [0.4, 0.5) is 13.2 Å². The van der Waals surface area contributed by atoms with Gasteiger partial charge in [0.2, 0.25) is 5.82 Å². The molecule has 0 radical (unpaired) electrons. The summed E-state index contributed by atoms with van der Waals surface area (Å²) >= 11 is 12.0. The number of benzene rings is 1. The van der Waals surface area contributed by atoms with Crippen LogP contribution in [0, 0.1) is 0 Å². The third-order valence-electron chi connectivity index (χ3n) is 5.10. The van der Waals surface area contributed by atoms with Gasteiger partial charge in [0, 0.05) is 16.8 Å². The Morgan fingerprint density at radius 3 is 2.45 bits per heavy atom. The van der Waals surface area contributed by atoms with Crippen molar-refractivity contribution in [1.82, 2.24) is 34.1 Å². The molecule has 40 heavy (non-hydrogen) atoms. The molecule has 0 aliphatic heterocycles. The Labute approximate surface area is 231 Å². The number of carbonyl (C=O) groups excluding carboxylic acids is 1. The van der Waals surface area contributed by atoms with E-state index in [1.54, 1.807) is 0 Å². The number of phosphoric acid groups is 1. The molecular formula is C20H15Cl2F3N8O6P-. The molecule has 1 unspecified atom stereocenters. The van der Waals surface area contributed by atoms with Crippen LogP contribution in [0.15, 0.2) is 47.4 Å². The van der Waals surface area contributed by atoms with Gasteiger partial charge in [-0.25, -0.2) is 19.4 Å². The summed E-state index contributed by atoms with van der Waals surface area (Å²) in [7, 11) is -5.87. The first-order valence-corrected chi connectivity index (χ1v) is 13.0. The molecule has 1 aromatic carbocycles. The van der Waals surface area contributed by atoms with Gasteiger partial charge in [-0.1, -0.05) is 23.2 Å². The lowest BCUT2D eigenvalue weighted by molar-refractivity contribution is -0.255. The van der Waals surface area contributed by atoms with Gasteiger partial charge in [0.15, 0.2) is 23.6 Å². The molecule has 4 rings (SSSR count). The molecule has 0 aliphatic carbocycles. The van der Waals surface area contributed by atoms with Crippen LogP contribution in [0.3, 0.4) is 0 Å². The minimum Gasteiger partial charge on any atom is -0.756 e. The number of hydrogen-bond donors (Lipinski definition) is 2. The van der Waals surface area contributed by atoms with E-state index < -0.39 is 50.6 Å². The summed E-state index contributed by atoms with van der Waals surface area (Å²) in [5.74, 6) is -2.04. The highest BCUT2D eigenvalue weighted by molar-refractivity contribution is 7.44. The fraction of sp³-hybridized carbons (Fsp3) is 0.200. The highest BCUT2D eigenvalue weighted by Crippen LogP contribution is 2.39. The second kappa shape index (κ2) is 11.1. The zero-order chi connectivity index (χ0) is 29.4. The van der Waals surface area contributed by atoms with Crippen LogP contribution in [0.25, 0.3) is 17.2 Å². The van der Waals surface area contributed by atoms with Gasteiger partial charge >= 0.3 is 11.9 Å². The first-order valence-electron chi connectivity index (χ1n) is 10.7. The highest BCUT2D eigenvalue weighted by Gasteiger charge is 2.44. The molecule has 0 fully saturated rings. The fourth-order valence-electron chi connectivity index (χ4n) is 3.44. The number of hydrogen-bond acceptors (Lipinski definition) is 9. The van der Waals surface area contributed by atoms with E-state index in [1.165, 1.54) is 42.6 Å². The molecule has 0 spiro atoms. The minimum absolute atomic E-state index is 0.0207. The number of aromatic nitrogens is 7. The molecule has 2 atom stereocenters. The van der Waals surface area contributed by atoms with Crippen molar-refractivity contribution in [3.63, 3.8) is 0 Å². The molecule has 20 heteroatoms. The summed E-state index contributed by atoms with van der Waals surface area (Å²) in [6.07, 6.45) is -7.11. The number of alkyl halides is 3. The van der Waals surface area contributed by atoms with Crippen molar-refractivity contribution in [2.75, 3.05) is 0 Å². The lowest BCUT2D eigenvalue weighted by Crippen LogP contribution is -2.39. The monoisotopic (exact) mass is 621 g/mol. The van der Waals surface area contributed by atoms with Crippen LogP contribution >= 0.6 is 31.0 Å². The summed E-state index contributed by atoms with van der Waals surface area (Å²) in [6.45, 7) is -1.99. The normalized spacial score (nSPS) is 14.2. The van der Waals surface area contributed by atoms with E-state index in [9.17, 15) is 32.2 Å². The summed E-state index contributed by atoms with van der Waals surface area (Å²) in [5.41, 5.74) is 4.33. The van der Waals surface area contributed by atoms with Crippen LogP contribution < -0.4 is 16.3 Å². The van der Waals surface area contributed by atoms with Crippen molar-refractivity contribution >= 4 is 36.9 Å². The van der Waals surface area contributed by atoms with Crippen LogP contribution in [0.5, 0.6) is 0 Å². The van der Waals surface area contributed by atoms with Crippen molar-refractivity contribution in [2.24, 2.45) is 5.73 Å². The number of phosphoric ester groups is 1. The number of rotatable bonds is 9. The van der Waals surface area contributed by atoms with Crippen molar-refractivity contribution in [3.8, 4) is 17.2 Å². The van der Waals surface area contributed by atoms with Crippen molar-refractivity contribution in [1.29, 1.82) is 0 Å². The predicted molar refractivity (Wildman–Crippen MR) is 129 cm³/mol. The van der Waals surface area contributed by atoms with E-state index in [0.717, 1.165) is 4.68 Å². The third-order valence-corrected chi connectivity index (χ3v) is 6.17. The van der Waals surface area contributed by atoms with Gasteiger partial charge in [0.1, 0.15) is 6.54 Å². The summed E-state index contributed by atoms with van der Waals surface area (Å²) in [5, 5.41) is 8.48. The molecule has 0 bridgehead atoms. The molecule has 3 N–H and O–H groups in total. The average molecular weight is 622 g/mol. The third kappa shape index (κ3) is 6.57. The zero-order valence-corrected chi connectivity index (χ0v) is 22.0. The Bertz CT molecular complexity index is 1670. The predicted octanol–water partition coefficient (Wildman–Crippen LogP) is 1.55. The smallest absolute Gasteiger partial charge is 0.416 e. The maximum absolute atomic E-state index is 13.6. The van der Waals surface area contributed by atoms with E-state index >= 15 is 0 Å². The number of amides is 1. The lowest BCUT2D eigenvalue weighted by Gasteiger charge is -2.26. The molecule has 0 saturated heterocycles. The van der Waals surface area contributed by atoms with Crippen LogP contribution in [-0.4, -0.2) is 57.2 Å². The molecular weight excluding hydrogens is 607 g/mol. The topological polar surface area (TPSA) is 196 Å². The number of nitrogens with zero attached hydrogens (tertiary/aromatic N) is 7. The van der Waals surface area contributed by atoms with Crippen LogP contribution in [0.2, 0.25) is 10.0 Å². The summed E-state index contributed by atoms with van der Waals surface area (Å²) in [4.78, 5) is 53.2. The average Bonchev–Trinajstić information content (AvgIpc) is 3.40. The SMILES string of the molecule is NC(=O)c1nc(Cn2nc(-c3ccc(Cl)cc3)n(C[C@H](OP(=O)([O-])O)C(F)(F)F)c2=O)nn1-c1ncccc1Cl. The Morgan fingerprint density at radius 2 is 1.88 bits per heavy atom. The standard InChI is InChI=1S/C20H16Cl2F3N8O6P/c21-11-5-3-10(4-6-11)16-30-32(19(35)31(16)8-13(20(23,24)25)39-40(36,37)38)9-14-28-18(15(26)34)33(29-14)17-12(22)2-1-7-27-17/h1-7,13H,8-9H2,(H2,26,34)(H2,36,37,38)/p-1/t13-/m0/s1. The highest BCUT2D eigenvalue weighted by atomic mass is 35.5. The quantitative estimate of drug-likeness (QED) is 0.259. The van der Waals surface area contributed by atoms with Crippen LogP contribution in [0.1, 0.15) is 16.4 Å². The van der Waals surface area contributed by atoms with Gasteiger partial charge in [0.25, 0.3) is 13.7 Å². The number of pyridine rings is 1. The Kier molecular flexibility index (Phi) is 8.16. The van der Waals surface area contributed by atoms with E-state index in [4.69, 9.17) is 33.8 Å². The van der Waals surface area contributed by atoms with Gasteiger partial charge in [-0.05, 0) is 36.4 Å². The van der Waals surface area contributed by atoms with Crippen molar-refractivity contribution in [2.45, 2.75) is 25.4 Å². The Hall–Kier alpha value is -3.60. The first-order chi connectivity index (χ1) is 18.6. The Balaban J connectivity index is 1.81. The first kappa shape index (κ1) is 29.4. The van der Waals surface area contributed by atoms with Gasteiger partial charge in [-0.3, -0.25) is 13.9 Å². The van der Waals surface area contributed by atoms with Gasteiger partial charge in [-0.2, -0.15) is 17.9 Å². The van der Waals surface area contributed by atoms with E-state index in [-0.39, 0.29) is 33.1 Å². The summed E-state index contributed by atoms with van der Waals surface area (Å²) < 4.78 is 57.7. The van der Waals surface area contributed by atoms with Crippen LogP contribution in [-0.2, 0) is 22.2 Å².